The smallest absolute Gasteiger partial charge is 0.332 e. The van der Waals surface area contributed by atoms with Crippen LogP contribution in [0.2, 0.25) is 0 Å². The van der Waals surface area contributed by atoms with Crippen LogP contribution in [0.15, 0.2) is 24.5 Å². The maximum atomic E-state index is 11.4. The van der Waals surface area contributed by atoms with Crippen molar-refractivity contribution < 1.29 is 19.0 Å². The third kappa shape index (κ3) is 4.47. The number of ether oxygens (including phenoxy) is 3. The highest BCUT2D eigenvalue weighted by atomic mass is 16.7. The Labute approximate surface area is 118 Å². The first kappa shape index (κ1) is 14.7. The Morgan fingerprint density at radius 3 is 3.10 bits per heavy atom. The summed E-state index contributed by atoms with van der Waals surface area (Å²) in [6, 6.07) is 1.80. The average molecular weight is 280 g/mol. The number of hydrogen-bond donors (Lipinski definition) is 0. The molecule has 1 unspecified atom stereocenters. The molecule has 1 saturated heterocycles. The van der Waals surface area contributed by atoms with Crippen LogP contribution in [0, 0.1) is 0 Å². The second kappa shape index (κ2) is 7.81. The molecule has 0 radical (unpaired) electrons. The van der Waals surface area contributed by atoms with Crippen LogP contribution in [0.4, 0.5) is 0 Å². The fourth-order valence-electron chi connectivity index (χ4n) is 2.02. The lowest BCUT2D eigenvalue weighted by Crippen LogP contribution is -2.23. The number of carbonyl (C=O) groups is 1. The molecular formula is C14H20N2O4. The van der Waals surface area contributed by atoms with Crippen molar-refractivity contribution in [2.24, 2.45) is 0 Å². The van der Waals surface area contributed by atoms with Gasteiger partial charge in [0, 0.05) is 31.5 Å². The fourth-order valence-corrected chi connectivity index (χ4v) is 2.02. The summed E-state index contributed by atoms with van der Waals surface area (Å²) in [7, 11) is 1.35. The van der Waals surface area contributed by atoms with E-state index in [1.165, 1.54) is 13.2 Å². The Bertz CT molecular complexity index is 436. The van der Waals surface area contributed by atoms with Gasteiger partial charge in [0.1, 0.15) is 0 Å². The largest absolute Gasteiger partial charge is 0.466 e. The highest BCUT2D eigenvalue weighted by Gasteiger charge is 2.14. The Morgan fingerprint density at radius 2 is 2.45 bits per heavy atom. The van der Waals surface area contributed by atoms with E-state index < -0.39 is 5.97 Å². The number of nitrogens with zero attached hydrogens (tertiary/aromatic N) is 2. The van der Waals surface area contributed by atoms with Crippen LogP contribution < -0.4 is 0 Å². The van der Waals surface area contributed by atoms with Gasteiger partial charge in [-0.2, -0.15) is 5.10 Å². The molecule has 1 aromatic heterocycles. The maximum absolute atomic E-state index is 11.4. The van der Waals surface area contributed by atoms with Crippen LogP contribution >= 0.6 is 0 Å². The van der Waals surface area contributed by atoms with Crippen LogP contribution in [0.3, 0.4) is 0 Å². The van der Waals surface area contributed by atoms with Crippen LogP contribution in [0.25, 0.3) is 5.70 Å². The van der Waals surface area contributed by atoms with Gasteiger partial charge in [-0.15, -0.1) is 0 Å². The molecule has 1 atom stereocenters. The molecule has 6 nitrogen and oxygen atoms in total. The minimum Gasteiger partial charge on any atom is -0.466 e. The Kier molecular flexibility index (Phi) is 5.76. The maximum Gasteiger partial charge on any atom is 0.332 e. The van der Waals surface area contributed by atoms with Gasteiger partial charge < -0.3 is 14.2 Å². The molecule has 110 valence electrons. The topological polar surface area (TPSA) is 62.6 Å². The summed E-state index contributed by atoms with van der Waals surface area (Å²) < 4.78 is 17.5. The summed E-state index contributed by atoms with van der Waals surface area (Å²) in [5, 5.41) is 4.12. The lowest BCUT2D eigenvalue weighted by atomic mass is 10.2. The van der Waals surface area contributed by atoms with E-state index >= 15 is 0 Å². The number of esters is 1. The zero-order chi connectivity index (χ0) is 14.2. The van der Waals surface area contributed by atoms with Crippen LogP contribution in [0.5, 0.6) is 0 Å². The Morgan fingerprint density at radius 1 is 1.55 bits per heavy atom. The minimum atomic E-state index is -0.399. The number of rotatable bonds is 6. The van der Waals surface area contributed by atoms with Gasteiger partial charge in [-0.3, -0.25) is 0 Å². The molecule has 6 heteroatoms. The van der Waals surface area contributed by atoms with Crippen molar-refractivity contribution in [1.82, 2.24) is 9.78 Å². The van der Waals surface area contributed by atoms with E-state index in [4.69, 9.17) is 9.47 Å². The van der Waals surface area contributed by atoms with E-state index in [0.29, 0.717) is 13.0 Å². The number of carbonyl (C=O) groups excluding carboxylic acids is 1. The van der Waals surface area contributed by atoms with Crippen molar-refractivity contribution in [2.75, 3.05) is 20.3 Å². The second-order valence-electron chi connectivity index (χ2n) is 4.53. The van der Waals surface area contributed by atoms with Gasteiger partial charge in [0.05, 0.1) is 19.4 Å². The summed E-state index contributed by atoms with van der Waals surface area (Å²) in [6.45, 7) is 1.24. The van der Waals surface area contributed by atoms with Gasteiger partial charge >= 0.3 is 5.97 Å². The third-order valence-electron chi connectivity index (χ3n) is 3.08. The van der Waals surface area contributed by atoms with E-state index in [0.717, 1.165) is 31.6 Å². The lowest BCUT2D eigenvalue weighted by Gasteiger charge is -2.22. The molecule has 0 aliphatic carbocycles. The van der Waals surface area contributed by atoms with Gasteiger partial charge in [-0.25, -0.2) is 9.48 Å². The Hall–Kier alpha value is -1.66. The molecule has 0 bridgehead atoms. The number of hydrogen-bond acceptors (Lipinski definition) is 5. The molecule has 0 N–H and O–H groups in total. The van der Waals surface area contributed by atoms with Crippen molar-refractivity contribution >= 4 is 11.7 Å². The summed E-state index contributed by atoms with van der Waals surface area (Å²) in [5.41, 5.74) is 0.734. The van der Waals surface area contributed by atoms with E-state index in [-0.39, 0.29) is 6.29 Å². The lowest BCUT2D eigenvalue weighted by molar-refractivity contribution is -0.161. The van der Waals surface area contributed by atoms with E-state index in [2.05, 4.69) is 9.84 Å². The van der Waals surface area contributed by atoms with Crippen LogP contribution in [-0.2, 0) is 19.0 Å². The van der Waals surface area contributed by atoms with Crippen molar-refractivity contribution in [3.05, 3.63) is 24.5 Å². The van der Waals surface area contributed by atoms with Crippen molar-refractivity contribution in [2.45, 2.75) is 32.0 Å². The molecule has 0 spiro atoms. The molecule has 1 aromatic rings. The molecule has 1 aliphatic rings. The van der Waals surface area contributed by atoms with Crippen LogP contribution in [0.1, 0.15) is 25.7 Å². The monoisotopic (exact) mass is 280 g/mol. The summed E-state index contributed by atoms with van der Waals surface area (Å²) in [5.74, 6) is -0.399. The molecule has 0 aromatic carbocycles. The first-order valence-electron chi connectivity index (χ1n) is 6.81. The normalized spacial score (nSPS) is 19.9. The minimum absolute atomic E-state index is 0.124. The number of aromatic nitrogens is 2. The quantitative estimate of drug-likeness (QED) is 0.587. The molecule has 2 rings (SSSR count). The van der Waals surface area contributed by atoms with Crippen molar-refractivity contribution in [3.8, 4) is 0 Å². The van der Waals surface area contributed by atoms with Gasteiger partial charge in [0.2, 0.25) is 0 Å². The average Bonchev–Trinajstić information content (AvgIpc) is 3.01. The predicted octanol–water partition coefficient (Wildman–Crippen LogP) is 1.83. The van der Waals surface area contributed by atoms with Crippen molar-refractivity contribution in [3.63, 3.8) is 0 Å². The highest BCUT2D eigenvalue weighted by molar-refractivity contribution is 5.87. The molecule has 1 fully saturated rings. The molecule has 20 heavy (non-hydrogen) atoms. The van der Waals surface area contributed by atoms with Gasteiger partial charge in [0.15, 0.2) is 6.29 Å². The molecule has 0 saturated carbocycles. The van der Waals surface area contributed by atoms with E-state index in [1.807, 2.05) is 0 Å². The molecule has 1 aliphatic heterocycles. The first-order chi connectivity index (χ1) is 9.79. The summed E-state index contributed by atoms with van der Waals surface area (Å²) in [6.07, 6.45) is 8.48. The highest BCUT2D eigenvalue weighted by Crippen LogP contribution is 2.15. The summed E-state index contributed by atoms with van der Waals surface area (Å²) in [4.78, 5) is 11.4. The number of methoxy groups -OCH3 is 1. The van der Waals surface area contributed by atoms with Crippen molar-refractivity contribution in [1.29, 1.82) is 0 Å². The first-order valence-corrected chi connectivity index (χ1v) is 6.81. The SMILES string of the molecule is COC(=O)/C=C(/CCOC1CCCCO1)n1cccn1. The standard InChI is InChI=1S/C14H20N2O4/c1-18-13(17)11-12(16-8-4-7-15-16)6-10-20-14-5-2-3-9-19-14/h4,7-8,11,14H,2-3,5-6,9-10H2,1H3/b12-11-. The molecule has 0 amide bonds. The van der Waals surface area contributed by atoms with Gasteiger partial charge in [0.25, 0.3) is 0 Å². The van der Waals surface area contributed by atoms with E-state index in [1.54, 1.807) is 23.1 Å². The van der Waals surface area contributed by atoms with Crippen LogP contribution in [-0.4, -0.2) is 42.4 Å². The fraction of sp³-hybridized carbons (Fsp3) is 0.571. The molecule has 2 heterocycles. The molecular weight excluding hydrogens is 260 g/mol. The predicted molar refractivity (Wildman–Crippen MR) is 72.7 cm³/mol. The second-order valence-corrected chi connectivity index (χ2v) is 4.53. The Balaban J connectivity index is 1.88. The van der Waals surface area contributed by atoms with E-state index in [9.17, 15) is 4.79 Å². The van der Waals surface area contributed by atoms with Gasteiger partial charge in [-0.05, 0) is 25.3 Å². The van der Waals surface area contributed by atoms with Gasteiger partial charge in [-0.1, -0.05) is 0 Å². The third-order valence-corrected chi connectivity index (χ3v) is 3.08. The summed E-state index contributed by atoms with van der Waals surface area (Å²) >= 11 is 0. The zero-order valence-corrected chi connectivity index (χ0v) is 11.7. The zero-order valence-electron chi connectivity index (χ0n) is 11.7.